The molecule has 0 saturated carbocycles. The molecule has 0 radical (unpaired) electrons. The Morgan fingerprint density at radius 2 is 1.78 bits per heavy atom. The standard InChI is InChI=1S/C17H14ClF2N3O4/c18-9-1-4-14(11(5-9)17(21)26)27-8-16(25)22-7-15(24)23-10-2-3-12(19)13(20)6-10/h1-6H,7-8H2,(H2,21,26)(H,22,25)(H,23,24). The zero-order valence-electron chi connectivity index (χ0n) is 13.7. The molecule has 0 aromatic heterocycles. The SMILES string of the molecule is NC(=O)c1cc(Cl)ccc1OCC(=O)NCC(=O)Nc1ccc(F)c(F)c1. The zero-order chi connectivity index (χ0) is 20.0. The number of halogens is 3. The Morgan fingerprint density at radius 3 is 2.44 bits per heavy atom. The van der Waals surface area contributed by atoms with Gasteiger partial charge in [0.15, 0.2) is 18.2 Å². The average Bonchev–Trinajstić information content (AvgIpc) is 2.62. The van der Waals surface area contributed by atoms with E-state index in [1.807, 2.05) is 0 Å². The van der Waals surface area contributed by atoms with Gasteiger partial charge in [-0.15, -0.1) is 0 Å². The van der Waals surface area contributed by atoms with Crippen LogP contribution in [0.15, 0.2) is 36.4 Å². The van der Waals surface area contributed by atoms with Crippen molar-refractivity contribution in [1.29, 1.82) is 0 Å². The van der Waals surface area contributed by atoms with Crippen LogP contribution < -0.4 is 21.1 Å². The van der Waals surface area contributed by atoms with E-state index in [1.165, 1.54) is 24.3 Å². The Morgan fingerprint density at radius 1 is 1.04 bits per heavy atom. The van der Waals surface area contributed by atoms with Crippen molar-refractivity contribution >= 4 is 35.0 Å². The van der Waals surface area contributed by atoms with E-state index in [4.69, 9.17) is 22.1 Å². The van der Waals surface area contributed by atoms with Crippen LogP contribution in [0.1, 0.15) is 10.4 Å². The summed E-state index contributed by atoms with van der Waals surface area (Å²) in [5.74, 6) is -4.18. The fraction of sp³-hybridized carbons (Fsp3) is 0.118. The number of primary amides is 1. The van der Waals surface area contributed by atoms with Crippen LogP contribution in [0.4, 0.5) is 14.5 Å². The van der Waals surface area contributed by atoms with Crippen LogP contribution in [0.2, 0.25) is 5.02 Å². The molecule has 0 unspecified atom stereocenters. The summed E-state index contributed by atoms with van der Waals surface area (Å²) in [4.78, 5) is 34.8. The van der Waals surface area contributed by atoms with Gasteiger partial charge in [-0.05, 0) is 30.3 Å². The number of benzene rings is 2. The van der Waals surface area contributed by atoms with Gasteiger partial charge in [0.25, 0.3) is 11.8 Å². The number of ether oxygens (including phenoxy) is 1. The van der Waals surface area contributed by atoms with Crippen LogP contribution in [-0.4, -0.2) is 30.9 Å². The van der Waals surface area contributed by atoms with Gasteiger partial charge in [-0.25, -0.2) is 8.78 Å². The molecule has 4 N–H and O–H groups in total. The third-order valence-electron chi connectivity index (χ3n) is 3.22. The van der Waals surface area contributed by atoms with E-state index in [1.54, 1.807) is 0 Å². The number of anilines is 1. The minimum atomic E-state index is -1.11. The molecular weight excluding hydrogens is 384 g/mol. The first-order valence-corrected chi connectivity index (χ1v) is 7.88. The largest absolute Gasteiger partial charge is 0.483 e. The van der Waals surface area contributed by atoms with Gasteiger partial charge in [0.1, 0.15) is 5.75 Å². The topological polar surface area (TPSA) is 111 Å². The minimum Gasteiger partial charge on any atom is -0.483 e. The molecular formula is C17H14ClF2N3O4. The summed E-state index contributed by atoms with van der Waals surface area (Å²) in [6, 6.07) is 6.98. The van der Waals surface area contributed by atoms with Gasteiger partial charge in [0.05, 0.1) is 12.1 Å². The molecule has 2 aromatic rings. The molecule has 0 heterocycles. The molecule has 0 aliphatic heterocycles. The summed E-state index contributed by atoms with van der Waals surface area (Å²) >= 11 is 5.76. The first kappa shape index (κ1) is 20.1. The Labute approximate surface area is 157 Å². The van der Waals surface area contributed by atoms with Gasteiger partial charge in [-0.2, -0.15) is 0 Å². The van der Waals surface area contributed by atoms with E-state index in [0.717, 1.165) is 12.1 Å². The number of hydrogen-bond donors (Lipinski definition) is 3. The lowest BCUT2D eigenvalue weighted by atomic mass is 10.2. The highest BCUT2D eigenvalue weighted by Gasteiger charge is 2.13. The molecule has 0 spiro atoms. The second-order valence-corrected chi connectivity index (χ2v) is 5.68. The Kier molecular flexibility index (Phi) is 6.67. The third-order valence-corrected chi connectivity index (χ3v) is 3.45. The average molecular weight is 398 g/mol. The van der Waals surface area contributed by atoms with Crippen LogP contribution >= 0.6 is 11.6 Å². The molecule has 0 aliphatic rings. The van der Waals surface area contributed by atoms with Crippen molar-refractivity contribution in [2.24, 2.45) is 5.73 Å². The highest BCUT2D eigenvalue weighted by molar-refractivity contribution is 6.31. The molecule has 0 fully saturated rings. The van der Waals surface area contributed by atoms with Crippen molar-refractivity contribution in [2.75, 3.05) is 18.5 Å². The molecule has 2 rings (SSSR count). The summed E-state index contributed by atoms with van der Waals surface area (Å²) < 4.78 is 31.1. The number of nitrogens with two attached hydrogens (primary N) is 1. The third kappa shape index (κ3) is 5.93. The van der Waals surface area contributed by atoms with E-state index in [2.05, 4.69) is 10.6 Å². The summed E-state index contributed by atoms with van der Waals surface area (Å²) in [7, 11) is 0. The number of hydrogen-bond acceptors (Lipinski definition) is 4. The monoisotopic (exact) mass is 397 g/mol. The van der Waals surface area contributed by atoms with Crippen molar-refractivity contribution in [3.05, 3.63) is 58.6 Å². The van der Waals surface area contributed by atoms with Crippen molar-refractivity contribution in [3.8, 4) is 5.75 Å². The fourth-order valence-electron chi connectivity index (χ4n) is 1.97. The summed E-state index contributed by atoms with van der Waals surface area (Å²) in [6.07, 6.45) is 0. The highest BCUT2D eigenvalue weighted by atomic mass is 35.5. The van der Waals surface area contributed by atoms with E-state index < -0.39 is 42.5 Å². The summed E-state index contributed by atoms with van der Waals surface area (Å²) in [6.45, 7) is -0.912. The quantitative estimate of drug-likeness (QED) is 0.662. The maximum atomic E-state index is 13.1. The van der Waals surface area contributed by atoms with Crippen molar-refractivity contribution in [1.82, 2.24) is 5.32 Å². The van der Waals surface area contributed by atoms with Crippen LogP contribution in [0, 0.1) is 11.6 Å². The Balaban J connectivity index is 1.83. The van der Waals surface area contributed by atoms with Gasteiger partial charge >= 0.3 is 0 Å². The number of carbonyl (C=O) groups is 3. The number of rotatable bonds is 7. The van der Waals surface area contributed by atoms with Crippen molar-refractivity contribution in [3.63, 3.8) is 0 Å². The Bertz CT molecular complexity index is 892. The highest BCUT2D eigenvalue weighted by Crippen LogP contribution is 2.22. The van der Waals surface area contributed by atoms with E-state index >= 15 is 0 Å². The van der Waals surface area contributed by atoms with Crippen molar-refractivity contribution < 1.29 is 27.9 Å². The first-order valence-electron chi connectivity index (χ1n) is 7.50. The molecule has 0 atom stereocenters. The maximum Gasteiger partial charge on any atom is 0.258 e. The predicted molar refractivity (Wildman–Crippen MR) is 93.5 cm³/mol. The molecule has 0 saturated heterocycles. The summed E-state index contributed by atoms with van der Waals surface area (Å²) in [5.41, 5.74) is 5.24. The van der Waals surface area contributed by atoms with Crippen LogP contribution in [0.3, 0.4) is 0 Å². The molecule has 0 aliphatic carbocycles. The van der Waals surface area contributed by atoms with Gasteiger partial charge in [-0.3, -0.25) is 14.4 Å². The summed E-state index contributed by atoms with van der Waals surface area (Å²) in [5, 5.41) is 4.84. The second kappa shape index (κ2) is 8.95. The van der Waals surface area contributed by atoms with Crippen LogP contribution in [0.5, 0.6) is 5.75 Å². The number of nitrogens with one attached hydrogen (secondary N) is 2. The molecule has 0 bridgehead atoms. The molecule has 27 heavy (non-hydrogen) atoms. The van der Waals surface area contributed by atoms with Gasteiger partial charge < -0.3 is 21.1 Å². The van der Waals surface area contributed by atoms with Gasteiger partial charge in [0, 0.05) is 16.8 Å². The van der Waals surface area contributed by atoms with E-state index in [9.17, 15) is 23.2 Å². The van der Waals surface area contributed by atoms with Crippen LogP contribution in [-0.2, 0) is 9.59 Å². The van der Waals surface area contributed by atoms with E-state index in [0.29, 0.717) is 0 Å². The predicted octanol–water partition coefficient (Wildman–Crippen LogP) is 1.85. The van der Waals surface area contributed by atoms with Gasteiger partial charge in [-0.1, -0.05) is 11.6 Å². The molecule has 7 nitrogen and oxygen atoms in total. The Hall–Kier alpha value is -3.20. The lowest BCUT2D eigenvalue weighted by Crippen LogP contribution is -2.36. The lowest BCUT2D eigenvalue weighted by Gasteiger charge is -2.10. The smallest absolute Gasteiger partial charge is 0.258 e. The second-order valence-electron chi connectivity index (χ2n) is 5.25. The fourth-order valence-corrected chi connectivity index (χ4v) is 2.14. The van der Waals surface area contributed by atoms with Crippen molar-refractivity contribution in [2.45, 2.75) is 0 Å². The van der Waals surface area contributed by atoms with Crippen LogP contribution in [0.25, 0.3) is 0 Å². The molecule has 142 valence electrons. The lowest BCUT2D eigenvalue weighted by molar-refractivity contribution is -0.125. The number of carbonyl (C=O) groups excluding carboxylic acids is 3. The van der Waals surface area contributed by atoms with Gasteiger partial charge in [0.2, 0.25) is 5.91 Å². The maximum absolute atomic E-state index is 13.1. The zero-order valence-corrected chi connectivity index (χ0v) is 14.5. The van der Waals surface area contributed by atoms with E-state index in [-0.39, 0.29) is 22.0 Å². The number of amides is 3. The molecule has 10 heteroatoms. The molecule has 3 amide bonds. The minimum absolute atomic E-state index is 0.00591. The first-order chi connectivity index (χ1) is 12.8. The normalized spacial score (nSPS) is 10.2. The molecule has 2 aromatic carbocycles.